The maximum Gasteiger partial charge on any atom is 0.306 e. The quantitative estimate of drug-likeness (QED) is 0.626. The van der Waals surface area contributed by atoms with Gasteiger partial charge < -0.3 is 4.74 Å². The van der Waals surface area contributed by atoms with E-state index in [2.05, 4.69) is 0 Å². The van der Waals surface area contributed by atoms with Gasteiger partial charge in [-0.15, -0.1) is 0 Å². The lowest BCUT2D eigenvalue weighted by molar-refractivity contribution is -0.144. The topological polar surface area (TPSA) is 60.4 Å². The van der Waals surface area contributed by atoms with Gasteiger partial charge in [-0.3, -0.25) is 4.79 Å². The fraction of sp³-hybridized carbons (Fsp3) is 0.875. The predicted molar refractivity (Wildman–Crippen MR) is 48.0 cm³/mol. The van der Waals surface area contributed by atoms with Gasteiger partial charge in [0, 0.05) is 6.42 Å². The molecule has 0 aromatic carbocycles. The third-order valence-electron chi connectivity index (χ3n) is 2.09. The molecule has 0 N–H and O–H groups in total. The number of hydrogen-bond donors (Lipinski definition) is 0. The summed E-state index contributed by atoms with van der Waals surface area (Å²) >= 11 is 0. The summed E-state index contributed by atoms with van der Waals surface area (Å²) < 4.78 is 26.8. The number of ether oxygens (including phenoxy) is 1. The van der Waals surface area contributed by atoms with Crippen LogP contribution < -0.4 is 0 Å². The highest BCUT2D eigenvalue weighted by Gasteiger charge is 2.29. The number of sulfone groups is 1. The van der Waals surface area contributed by atoms with E-state index in [1.807, 2.05) is 0 Å². The van der Waals surface area contributed by atoms with Crippen molar-refractivity contribution >= 4 is 15.8 Å². The highest BCUT2D eigenvalue weighted by molar-refractivity contribution is 7.91. The zero-order chi connectivity index (χ0) is 9.90. The van der Waals surface area contributed by atoms with Gasteiger partial charge in [0.15, 0.2) is 9.84 Å². The third kappa shape index (κ3) is 3.34. The summed E-state index contributed by atoms with van der Waals surface area (Å²) in [6.45, 7) is 2.10. The smallest absolute Gasteiger partial charge is 0.306 e. The minimum absolute atomic E-state index is 0.0240. The molecule has 1 saturated heterocycles. The van der Waals surface area contributed by atoms with Crippen LogP contribution in [0, 0.1) is 5.92 Å². The average Bonchev–Trinajstić information content (AvgIpc) is 2.30. The Labute approximate surface area is 78.2 Å². The van der Waals surface area contributed by atoms with E-state index in [0.717, 1.165) is 0 Å². The fourth-order valence-electron chi connectivity index (χ4n) is 1.49. The SMILES string of the molecule is CCOC(=O)CC1CCS(=O)(=O)C1. The highest BCUT2D eigenvalue weighted by atomic mass is 32.2. The molecule has 4 nitrogen and oxygen atoms in total. The van der Waals surface area contributed by atoms with Crippen molar-refractivity contribution in [2.75, 3.05) is 18.1 Å². The molecule has 1 fully saturated rings. The van der Waals surface area contributed by atoms with Crippen LogP contribution in [0.25, 0.3) is 0 Å². The van der Waals surface area contributed by atoms with E-state index < -0.39 is 9.84 Å². The van der Waals surface area contributed by atoms with E-state index >= 15 is 0 Å². The van der Waals surface area contributed by atoms with E-state index in [9.17, 15) is 13.2 Å². The first-order chi connectivity index (χ1) is 6.03. The number of carbonyl (C=O) groups excluding carboxylic acids is 1. The summed E-state index contributed by atoms with van der Waals surface area (Å²) in [5.41, 5.74) is 0. The second kappa shape index (κ2) is 4.09. The summed E-state index contributed by atoms with van der Waals surface area (Å²) in [4.78, 5) is 11.0. The van der Waals surface area contributed by atoms with Crippen LogP contribution in [0.15, 0.2) is 0 Å². The number of esters is 1. The molecule has 5 heteroatoms. The molecule has 1 rings (SSSR count). The van der Waals surface area contributed by atoms with Crippen LogP contribution >= 0.6 is 0 Å². The van der Waals surface area contributed by atoms with Crippen molar-refractivity contribution in [3.8, 4) is 0 Å². The molecule has 1 aliphatic heterocycles. The Balaban J connectivity index is 2.36. The molecule has 13 heavy (non-hydrogen) atoms. The Morgan fingerprint density at radius 2 is 2.23 bits per heavy atom. The Kier molecular flexibility index (Phi) is 3.30. The lowest BCUT2D eigenvalue weighted by Gasteiger charge is -2.05. The molecule has 0 saturated carbocycles. The molecule has 0 aromatic rings. The summed E-state index contributed by atoms with van der Waals surface area (Å²) in [5.74, 6) is 0.0525. The second-order valence-corrected chi connectivity index (χ2v) is 5.51. The lowest BCUT2D eigenvalue weighted by Crippen LogP contribution is -2.12. The molecule has 1 atom stereocenters. The van der Waals surface area contributed by atoms with Gasteiger partial charge in [-0.2, -0.15) is 0 Å². The number of carbonyl (C=O) groups is 1. The maximum atomic E-state index is 11.0. The first-order valence-corrected chi connectivity index (χ1v) is 6.21. The van der Waals surface area contributed by atoms with Crippen LogP contribution in [-0.4, -0.2) is 32.5 Å². The van der Waals surface area contributed by atoms with Crippen LogP contribution in [0.2, 0.25) is 0 Å². The van der Waals surface area contributed by atoms with E-state index in [0.29, 0.717) is 13.0 Å². The molecule has 1 aliphatic rings. The van der Waals surface area contributed by atoms with Gasteiger partial charge in [-0.1, -0.05) is 0 Å². The molecule has 0 aromatic heterocycles. The molecular formula is C8H14O4S. The summed E-state index contributed by atoms with van der Waals surface area (Å²) in [6.07, 6.45) is 0.841. The monoisotopic (exact) mass is 206 g/mol. The van der Waals surface area contributed by atoms with Crippen molar-refractivity contribution in [3.05, 3.63) is 0 Å². The van der Waals surface area contributed by atoms with Crippen LogP contribution in [-0.2, 0) is 19.4 Å². The molecule has 0 spiro atoms. The van der Waals surface area contributed by atoms with Gasteiger partial charge in [-0.05, 0) is 19.3 Å². The molecule has 76 valence electrons. The van der Waals surface area contributed by atoms with Crippen molar-refractivity contribution in [1.82, 2.24) is 0 Å². The largest absolute Gasteiger partial charge is 0.466 e. The highest BCUT2D eigenvalue weighted by Crippen LogP contribution is 2.21. The van der Waals surface area contributed by atoms with Crippen LogP contribution in [0.1, 0.15) is 19.8 Å². The Hall–Kier alpha value is -0.580. The van der Waals surface area contributed by atoms with E-state index in [1.54, 1.807) is 6.92 Å². The van der Waals surface area contributed by atoms with Crippen molar-refractivity contribution in [2.45, 2.75) is 19.8 Å². The van der Waals surface area contributed by atoms with E-state index in [-0.39, 0.29) is 29.8 Å². The molecule has 0 radical (unpaired) electrons. The Morgan fingerprint density at radius 3 is 2.69 bits per heavy atom. The Morgan fingerprint density at radius 1 is 1.54 bits per heavy atom. The maximum absolute atomic E-state index is 11.0. The number of hydrogen-bond acceptors (Lipinski definition) is 4. The summed E-state index contributed by atoms with van der Waals surface area (Å²) in [5, 5.41) is 0. The molecular weight excluding hydrogens is 192 g/mol. The number of rotatable bonds is 3. The Bertz CT molecular complexity index is 281. The van der Waals surface area contributed by atoms with Crippen molar-refractivity contribution in [3.63, 3.8) is 0 Å². The van der Waals surface area contributed by atoms with Gasteiger partial charge in [-0.25, -0.2) is 8.42 Å². The molecule has 1 unspecified atom stereocenters. The normalized spacial score (nSPS) is 25.8. The van der Waals surface area contributed by atoms with Gasteiger partial charge in [0.05, 0.1) is 18.1 Å². The third-order valence-corrected chi connectivity index (χ3v) is 3.92. The molecule has 0 amide bonds. The average molecular weight is 206 g/mol. The van der Waals surface area contributed by atoms with Crippen LogP contribution in [0.5, 0.6) is 0 Å². The lowest BCUT2D eigenvalue weighted by atomic mass is 10.1. The minimum Gasteiger partial charge on any atom is -0.466 e. The van der Waals surface area contributed by atoms with Crippen molar-refractivity contribution in [2.24, 2.45) is 5.92 Å². The van der Waals surface area contributed by atoms with E-state index in [1.165, 1.54) is 0 Å². The second-order valence-electron chi connectivity index (χ2n) is 3.28. The minimum atomic E-state index is -2.86. The zero-order valence-electron chi connectivity index (χ0n) is 7.65. The van der Waals surface area contributed by atoms with Crippen molar-refractivity contribution < 1.29 is 17.9 Å². The summed E-state index contributed by atoms with van der Waals surface area (Å²) in [6, 6.07) is 0. The fourth-order valence-corrected chi connectivity index (χ4v) is 3.35. The zero-order valence-corrected chi connectivity index (χ0v) is 8.47. The summed E-state index contributed by atoms with van der Waals surface area (Å²) in [7, 11) is -2.86. The molecule has 0 bridgehead atoms. The van der Waals surface area contributed by atoms with Gasteiger partial charge in [0.1, 0.15) is 0 Å². The van der Waals surface area contributed by atoms with E-state index in [4.69, 9.17) is 4.74 Å². The van der Waals surface area contributed by atoms with Gasteiger partial charge in [0.2, 0.25) is 0 Å². The van der Waals surface area contributed by atoms with Crippen molar-refractivity contribution in [1.29, 1.82) is 0 Å². The molecule has 0 aliphatic carbocycles. The van der Waals surface area contributed by atoms with Crippen LogP contribution in [0.3, 0.4) is 0 Å². The van der Waals surface area contributed by atoms with Crippen LogP contribution in [0.4, 0.5) is 0 Å². The standard InChI is InChI=1S/C8H14O4S/c1-2-12-8(9)5-7-3-4-13(10,11)6-7/h7H,2-6H2,1H3. The van der Waals surface area contributed by atoms with Gasteiger partial charge in [0.25, 0.3) is 0 Å². The first-order valence-electron chi connectivity index (χ1n) is 4.39. The molecule has 1 heterocycles. The van der Waals surface area contributed by atoms with Gasteiger partial charge >= 0.3 is 5.97 Å². The first kappa shape index (κ1) is 10.5. The predicted octanol–water partition coefficient (Wildman–Crippen LogP) is 0.374.